The molecule has 89 heavy (non-hydrogen) atoms. The molecule has 0 aliphatic carbocycles. The monoisotopic (exact) mass is 1270 g/mol. The van der Waals surface area contributed by atoms with Gasteiger partial charge in [-0.15, -0.1) is 0 Å². The van der Waals surface area contributed by atoms with Gasteiger partial charge in [0, 0.05) is 12.8 Å². The lowest BCUT2D eigenvalue weighted by atomic mass is 10.0. The van der Waals surface area contributed by atoms with E-state index in [4.69, 9.17) is 13.8 Å². The Morgan fingerprint density at radius 2 is 0.685 bits per heavy atom. The first-order chi connectivity index (χ1) is 43.4. The van der Waals surface area contributed by atoms with E-state index in [9.17, 15) is 19.0 Å². The Hall–Kier alpha value is -2.55. The Labute approximate surface area is 553 Å². The molecule has 3 atom stereocenters. The van der Waals surface area contributed by atoms with Gasteiger partial charge in [0.2, 0.25) is 5.91 Å². The molecular formula is C79H147N2O7P. The van der Waals surface area contributed by atoms with Crippen LogP contribution >= 0.6 is 7.82 Å². The van der Waals surface area contributed by atoms with Crippen LogP contribution in [0.3, 0.4) is 0 Å². The van der Waals surface area contributed by atoms with E-state index in [1.807, 2.05) is 33.3 Å². The highest BCUT2D eigenvalue weighted by atomic mass is 31.2. The molecule has 10 heteroatoms. The molecule has 0 aromatic carbocycles. The summed E-state index contributed by atoms with van der Waals surface area (Å²) in [7, 11) is 1.19. The van der Waals surface area contributed by atoms with Crippen molar-refractivity contribution in [2.24, 2.45) is 0 Å². The molecule has 0 aliphatic rings. The van der Waals surface area contributed by atoms with E-state index in [0.717, 1.165) is 83.5 Å². The van der Waals surface area contributed by atoms with Gasteiger partial charge in [-0.3, -0.25) is 14.2 Å². The van der Waals surface area contributed by atoms with Gasteiger partial charge in [-0.25, -0.2) is 0 Å². The zero-order valence-electron chi connectivity index (χ0n) is 59.6. The zero-order valence-corrected chi connectivity index (χ0v) is 60.5. The predicted molar refractivity (Wildman–Crippen MR) is 385 cm³/mol. The molecule has 9 nitrogen and oxygen atoms in total. The van der Waals surface area contributed by atoms with Crippen molar-refractivity contribution in [2.45, 2.75) is 380 Å². The molecule has 3 unspecified atom stereocenters. The fourth-order valence-corrected chi connectivity index (χ4v) is 11.9. The number of nitrogens with one attached hydrogen (secondary N) is 1. The van der Waals surface area contributed by atoms with Crippen LogP contribution in [0.4, 0.5) is 0 Å². The summed E-state index contributed by atoms with van der Waals surface area (Å²) in [4.78, 5) is 40.3. The van der Waals surface area contributed by atoms with Gasteiger partial charge in [-0.1, -0.05) is 325 Å². The number of ether oxygens (including phenoxy) is 1. The number of likely N-dealkylation sites (N-methyl/N-ethyl adjacent to an activating group) is 1. The number of nitrogens with zero attached hydrogens (tertiary/aromatic N) is 1. The van der Waals surface area contributed by atoms with Crippen LogP contribution in [0.2, 0.25) is 0 Å². The van der Waals surface area contributed by atoms with Crippen molar-refractivity contribution in [1.82, 2.24) is 5.32 Å². The second-order valence-electron chi connectivity index (χ2n) is 27.1. The second-order valence-corrected chi connectivity index (χ2v) is 28.6. The first-order valence-corrected chi connectivity index (χ1v) is 39.7. The molecule has 0 saturated heterocycles. The minimum Gasteiger partial charge on any atom is -0.756 e. The van der Waals surface area contributed by atoms with Crippen molar-refractivity contribution < 1.29 is 37.3 Å². The molecular weight excluding hydrogens is 1120 g/mol. The largest absolute Gasteiger partial charge is 0.756 e. The third-order valence-electron chi connectivity index (χ3n) is 17.1. The fourth-order valence-electron chi connectivity index (χ4n) is 11.2. The van der Waals surface area contributed by atoms with Crippen LogP contribution in [0, 0.1) is 0 Å². The molecule has 0 aliphatic heterocycles. The number of unbranched alkanes of at least 4 members (excludes halogenated alkanes) is 44. The summed E-state index contributed by atoms with van der Waals surface area (Å²) in [6.07, 6.45) is 90.3. The van der Waals surface area contributed by atoms with E-state index < -0.39 is 20.0 Å². The maximum atomic E-state index is 13.6. The van der Waals surface area contributed by atoms with Crippen LogP contribution in [-0.2, 0) is 27.9 Å². The molecule has 0 rings (SSSR count). The number of quaternary nitrogens is 1. The third kappa shape index (κ3) is 69.6. The Balaban J connectivity index is 5.02. The van der Waals surface area contributed by atoms with E-state index >= 15 is 0 Å². The topological polar surface area (TPSA) is 114 Å². The number of phosphoric ester groups is 1. The second kappa shape index (κ2) is 68.3. The molecule has 0 bridgehead atoms. The van der Waals surface area contributed by atoms with Gasteiger partial charge in [-0.05, 0) is 102 Å². The van der Waals surface area contributed by atoms with Crippen LogP contribution in [0.1, 0.15) is 367 Å². The average molecular weight is 1270 g/mol. The molecule has 0 radical (unpaired) electrons. The number of carbonyl (C=O) groups is 2. The van der Waals surface area contributed by atoms with Gasteiger partial charge >= 0.3 is 5.97 Å². The van der Waals surface area contributed by atoms with E-state index in [2.05, 4.69) is 86.8 Å². The van der Waals surface area contributed by atoms with Crippen LogP contribution in [0.5, 0.6) is 0 Å². The quantitative estimate of drug-likeness (QED) is 0.0212. The first kappa shape index (κ1) is 86.5. The summed E-state index contributed by atoms with van der Waals surface area (Å²) in [5.41, 5.74) is 0. The molecule has 0 fully saturated rings. The summed E-state index contributed by atoms with van der Waals surface area (Å²) in [6.45, 7) is 6.86. The summed E-state index contributed by atoms with van der Waals surface area (Å²) in [6, 6.07) is -0.893. The molecule has 0 heterocycles. The Kier molecular flexibility index (Phi) is 66.4. The highest BCUT2D eigenvalue weighted by Crippen LogP contribution is 2.38. The maximum Gasteiger partial charge on any atom is 0.306 e. The number of rotatable bonds is 70. The van der Waals surface area contributed by atoms with E-state index in [0.29, 0.717) is 17.4 Å². The van der Waals surface area contributed by atoms with E-state index in [1.54, 1.807) is 0 Å². The molecule has 0 aromatic heterocycles. The molecule has 0 aromatic rings. The van der Waals surface area contributed by atoms with Crippen LogP contribution < -0.4 is 10.2 Å². The minimum atomic E-state index is -4.71. The molecule has 1 amide bonds. The van der Waals surface area contributed by atoms with Crippen molar-refractivity contribution in [3.63, 3.8) is 0 Å². The number of hydrogen-bond donors (Lipinski definition) is 1. The van der Waals surface area contributed by atoms with Gasteiger partial charge in [0.1, 0.15) is 19.3 Å². The van der Waals surface area contributed by atoms with Crippen LogP contribution in [0.25, 0.3) is 0 Å². The molecule has 1 N–H and O–H groups in total. The maximum absolute atomic E-state index is 13.6. The van der Waals surface area contributed by atoms with Crippen molar-refractivity contribution in [2.75, 3.05) is 40.9 Å². The van der Waals surface area contributed by atoms with Gasteiger partial charge in [0.15, 0.2) is 0 Å². The molecule has 520 valence electrons. The van der Waals surface area contributed by atoms with E-state index in [1.165, 1.54) is 250 Å². The van der Waals surface area contributed by atoms with Crippen LogP contribution in [-0.4, -0.2) is 69.4 Å². The van der Waals surface area contributed by atoms with Crippen molar-refractivity contribution >= 4 is 19.7 Å². The summed E-state index contributed by atoms with van der Waals surface area (Å²) >= 11 is 0. The standard InChI is InChI=1S/C79H147N2O7P/c1-7-10-13-16-19-22-25-28-30-32-34-36-38-39-40-41-43-44-46-48-50-53-56-59-62-65-68-71-78(82)80-76(75-87-89(84,85)86-74-73-81(4,5)6)77(70-67-64-61-58-55-52-27-24-21-18-15-12-9-3)88-79(83)72-69-66-63-60-57-54-51-49-47-45-42-37-35-33-31-29-26-23-20-17-14-11-8-2/h19,22,28-31,34,36,39-40,67,70,76-77H,7-18,20-21,23-27,32-33,35,37-38,41-66,68-69,71-75H2,1-6H3,(H-,80,82,84,85)/b22-19-,30-28-,31-29+,36-34-,40-39-,70-67-. The fraction of sp³-hybridized carbons (Fsp3) is 0.823. The highest BCUT2D eigenvalue weighted by molar-refractivity contribution is 7.45. The number of carbonyl (C=O) groups excluding carboxylic acids is 2. The lowest BCUT2D eigenvalue weighted by molar-refractivity contribution is -0.870. The molecule has 0 saturated carbocycles. The summed E-state index contributed by atoms with van der Waals surface area (Å²) in [5.74, 6) is -0.531. The molecule has 0 spiro atoms. The summed E-state index contributed by atoms with van der Waals surface area (Å²) < 4.78 is 30.5. The van der Waals surface area contributed by atoms with Crippen LogP contribution in [0.15, 0.2) is 72.9 Å². The third-order valence-corrected chi connectivity index (χ3v) is 18.1. The van der Waals surface area contributed by atoms with Gasteiger partial charge < -0.3 is 28.5 Å². The van der Waals surface area contributed by atoms with Crippen molar-refractivity contribution in [3.05, 3.63) is 72.9 Å². The van der Waals surface area contributed by atoms with Gasteiger partial charge in [0.25, 0.3) is 7.82 Å². The SMILES string of the molecule is CCCCC/C=C\C/C=C\C/C=C\C/C=C\CCCCCCCCCCCCCC(=O)NC(COP(=O)([O-])OCC[N+](C)(C)C)C(/C=C\CCCCCCCCCCCCC)OC(=O)CCCCCCCCCCCCCCC/C=C/CCCCCCCC. The van der Waals surface area contributed by atoms with Crippen molar-refractivity contribution in [1.29, 1.82) is 0 Å². The number of hydrogen-bond acceptors (Lipinski definition) is 7. The average Bonchev–Trinajstić information content (AvgIpc) is 3.65. The number of allylic oxidation sites excluding steroid dienone is 11. The number of phosphoric acid groups is 1. The lowest BCUT2D eigenvalue weighted by Gasteiger charge is -2.30. The summed E-state index contributed by atoms with van der Waals surface area (Å²) in [5, 5.41) is 3.05. The van der Waals surface area contributed by atoms with Gasteiger partial charge in [-0.2, -0.15) is 0 Å². The predicted octanol–water partition coefficient (Wildman–Crippen LogP) is 24.1. The zero-order chi connectivity index (χ0) is 64.9. The van der Waals surface area contributed by atoms with Gasteiger partial charge in [0.05, 0.1) is 33.8 Å². The number of esters is 1. The highest BCUT2D eigenvalue weighted by Gasteiger charge is 2.27. The number of amides is 1. The Morgan fingerprint density at radius 3 is 1.06 bits per heavy atom. The normalized spacial score (nSPS) is 13.8. The Morgan fingerprint density at radius 1 is 0.393 bits per heavy atom. The van der Waals surface area contributed by atoms with E-state index in [-0.39, 0.29) is 31.5 Å². The smallest absolute Gasteiger partial charge is 0.306 e. The Bertz CT molecular complexity index is 1750. The first-order valence-electron chi connectivity index (χ1n) is 38.2. The van der Waals surface area contributed by atoms with Crippen molar-refractivity contribution in [3.8, 4) is 0 Å². The lowest BCUT2D eigenvalue weighted by Crippen LogP contribution is -2.47. The minimum absolute atomic E-state index is 0.0234.